The van der Waals surface area contributed by atoms with Gasteiger partial charge in [0.25, 0.3) is 0 Å². The molecule has 8 heteroatoms. The maximum absolute atomic E-state index is 12.8. The van der Waals surface area contributed by atoms with E-state index in [9.17, 15) is 14.4 Å². The molecule has 2 saturated heterocycles. The fourth-order valence-electron chi connectivity index (χ4n) is 3.74. The molecule has 0 bridgehead atoms. The zero-order valence-electron chi connectivity index (χ0n) is 16.2. The Kier molecular flexibility index (Phi) is 6.38. The number of benzene rings is 1. The summed E-state index contributed by atoms with van der Waals surface area (Å²) in [5.74, 6) is -0.658. The van der Waals surface area contributed by atoms with Crippen molar-refractivity contribution in [3.05, 3.63) is 24.3 Å². The van der Waals surface area contributed by atoms with Gasteiger partial charge in [0.1, 0.15) is 5.75 Å². The first-order valence-electron chi connectivity index (χ1n) is 9.72. The van der Waals surface area contributed by atoms with Crippen LogP contribution in [-0.2, 0) is 9.59 Å². The highest BCUT2D eigenvalue weighted by molar-refractivity contribution is 5.94. The second-order valence-corrected chi connectivity index (χ2v) is 7.31. The molecular formula is C20H27N3O5. The molecule has 0 aliphatic carbocycles. The van der Waals surface area contributed by atoms with Crippen LogP contribution in [0, 0.1) is 5.92 Å². The van der Waals surface area contributed by atoms with Crippen LogP contribution in [0.3, 0.4) is 0 Å². The number of aliphatic carboxylic acids is 1. The van der Waals surface area contributed by atoms with E-state index in [0.29, 0.717) is 31.7 Å². The van der Waals surface area contributed by atoms with Crippen LogP contribution in [0.5, 0.6) is 5.75 Å². The van der Waals surface area contributed by atoms with Gasteiger partial charge in [-0.2, -0.15) is 0 Å². The van der Waals surface area contributed by atoms with Gasteiger partial charge in [0.15, 0.2) is 6.61 Å². The van der Waals surface area contributed by atoms with Crippen molar-refractivity contribution in [2.75, 3.05) is 44.7 Å². The van der Waals surface area contributed by atoms with Gasteiger partial charge in [-0.15, -0.1) is 0 Å². The number of nitrogens with zero attached hydrogens (tertiary/aromatic N) is 3. The normalized spacial score (nSPS) is 17.5. The van der Waals surface area contributed by atoms with Crippen molar-refractivity contribution in [1.82, 2.24) is 9.80 Å². The summed E-state index contributed by atoms with van der Waals surface area (Å²) in [7, 11) is 1.73. The Hall–Kier alpha value is -2.77. The first-order valence-corrected chi connectivity index (χ1v) is 9.72. The van der Waals surface area contributed by atoms with E-state index in [0.717, 1.165) is 31.6 Å². The van der Waals surface area contributed by atoms with Crippen LogP contribution in [0.15, 0.2) is 24.3 Å². The zero-order chi connectivity index (χ0) is 20.1. The van der Waals surface area contributed by atoms with Gasteiger partial charge in [-0.05, 0) is 49.9 Å². The molecule has 0 spiro atoms. The lowest BCUT2D eigenvalue weighted by Gasteiger charge is -2.35. The van der Waals surface area contributed by atoms with Crippen molar-refractivity contribution in [1.29, 1.82) is 0 Å². The number of anilines is 1. The molecule has 0 radical (unpaired) electrons. The number of urea groups is 1. The summed E-state index contributed by atoms with van der Waals surface area (Å²) in [6.07, 6.45) is 3.49. The largest absolute Gasteiger partial charge is 0.482 e. The van der Waals surface area contributed by atoms with E-state index in [1.165, 1.54) is 0 Å². The molecule has 0 unspecified atom stereocenters. The number of carboxylic acid groups (broad SMARTS) is 1. The quantitative estimate of drug-likeness (QED) is 0.832. The van der Waals surface area contributed by atoms with Crippen molar-refractivity contribution >= 4 is 23.6 Å². The summed E-state index contributed by atoms with van der Waals surface area (Å²) in [5, 5.41) is 8.64. The molecule has 1 aromatic rings. The number of carbonyl (C=O) groups is 3. The molecule has 8 nitrogen and oxygen atoms in total. The van der Waals surface area contributed by atoms with Crippen LogP contribution in [0.25, 0.3) is 0 Å². The molecule has 2 heterocycles. The number of hydrogen-bond donors (Lipinski definition) is 1. The number of piperidine rings is 1. The van der Waals surface area contributed by atoms with E-state index in [-0.39, 0.29) is 17.9 Å². The summed E-state index contributed by atoms with van der Waals surface area (Å²) in [5.41, 5.74) is 0.725. The molecule has 0 aromatic heterocycles. The van der Waals surface area contributed by atoms with E-state index in [1.807, 2.05) is 9.80 Å². The number of ether oxygens (including phenoxy) is 1. The third kappa shape index (κ3) is 4.74. The van der Waals surface area contributed by atoms with Gasteiger partial charge in [0.05, 0.1) is 0 Å². The highest BCUT2D eigenvalue weighted by Gasteiger charge is 2.31. The van der Waals surface area contributed by atoms with Crippen LogP contribution < -0.4 is 9.64 Å². The van der Waals surface area contributed by atoms with Gasteiger partial charge in [0, 0.05) is 44.8 Å². The lowest BCUT2D eigenvalue weighted by molar-refractivity contribution is -0.139. The van der Waals surface area contributed by atoms with Gasteiger partial charge >= 0.3 is 12.0 Å². The van der Waals surface area contributed by atoms with Crippen LogP contribution in [0.2, 0.25) is 0 Å². The van der Waals surface area contributed by atoms with Crippen LogP contribution in [0.1, 0.15) is 25.7 Å². The minimum absolute atomic E-state index is 0.0347. The van der Waals surface area contributed by atoms with E-state index in [1.54, 1.807) is 36.2 Å². The third-order valence-corrected chi connectivity index (χ3v) is 5.41. The molecule has 1 aromatic carbocycles. The molecule has 28 heavy (non-hydrogen) atoms. The van der Waals surface area contributed by atoms with Crippen molar-refractivity contribution in [3.63, 3.8) is 0 Å². The Morgan fingerprint density at radius 3 is 2.18 bits per heavy atom. The van der Waals surface area contributed by atoms with Crippen molar-refractivity contribution < 1.29 is 24.2 Å². The molecule has 2 aliphatic heterocycles. The van der Waals surface area contributed by atoms with Crippen molar-refractivity contribution in [2.24, 2.45) is 5.92 Å². The van der Waals surface area contributed by atoms with Gasteiger partial charge in [-0.1, -0.05) is 0 Å². The lowest BCUT2D eigenvalue weighted by atomic mass is 9.95. The van der Waals surface area contributed by atoms with E-state index in [2.05, 4.69) is 0 Å². The lowest BCUT2D eigenvalue weighted by Crippen LogP contribution is -2.48. The highest BCUT2D eigenvalue weighted by Crippen LogP contribution is 2.25. The minimum atomic E-state index is -1.04. The fourth-order valence-corrected chi connectivity index (χ4v) is 3.74. The van der Waals surface area contributed by atoms with E-state index < -0.39 is 12.6 Å². The maximum Gasteiger partial charge on any atom is 0.341 e. The highest BCUT2D eigenvalue weighted by atomic mass is 16.5. The molecule has 0 atom stereocenters. The summed E-state index contributed by atoms with van der Waals surface area (Å²) < 4.78 is 5.11. The maximum atomic E-state index is 12.8. The smallest absolute Gasteiger partial charge is 0.341 e. The Balaban J connectivity index is 1.51. The van der Waals surface area contributed by atoms with Crippen molar-refractivity contribution in [3.8, 4) is 5.75 Å². The molecule has 152 valence electrons. The summed E-state index contributed by atoms with van der Waals surface area (Å²) in [6.45, 7) is 2.51. The number of amides is 3. The number of likely N-dealkylation sites (tertiary alicyclic amines) is 2. The fraction of sp³-hybridized carbons (Fsp3) is 0.550. The number of carbonyl (C=O) groups excluding carboxylic acids is 2. The van der Waals surface area contributed by atoms with Crippen molar-refractivity contribution in [2.45, 2.75) is 25.7 Å². The summed E-state index contributed by atoms with van der Waals surface area (Å²) in [4.78, 5) is 41.2. The van der Waals surface area contributed by atoms with Gasteiger partial charge in [0.2, 0.25) is 5.91 Å². The predicted octanol–water partition coefficient (Wildman–Crippen LogP) is 2.04. The van der Waals surface area contributed by atoms with E-state index in [4.69, 9.17) is 9.84 Å². The molecule has 2 aliphatic rings. The summed E-state index contributed by atoms with van der Waals surface area (Å²) >= 11 is 0. The third-order valence-electron chi connectivity index (χ3n) is 5.41. The second-order valence-electron chi connectivity index (χ2n) is 7.31. The standard InChI is InChI=1S/C20H27N3O5/c1-21(16-4-6-17(7-5-16)28-14-18(24)25)19(26)15-8-12-23(13-9-15)20(27)22-10-2-3-11-22/h4-7,15H,2-3,8-14H2,1H3,(H,24,25). The topological polar surface area (TPSA) is 90.4 Å². The van der Waals surface area contributed by atoms with Gasteiger partial charge < -0.3 is 24.5 Å². The van der Waals surface area contributed by atoms with Crippen LogP contribution >= 0.6 is 0 Å². The predicted molar refractivity (Wildman–Crippen MR) is 103 cm³/mol. The Morgan fingerprint density at radius 2 is 1.61 bits per heavy atom. The Morgan fingerprint density at radius 1 is 1.04 bits per heavy atom. The molecular weight excluding hydrogens is 362 g/mol. The number of carboxylic acids is 1. The van der Waals surface area contributed by atoms with Crippen LogP contribution in [-0.4, -0.2) is 72.6 Å². The average molecular weight is 389 g/mol. The van der Waals surface area contributed by atoms with Gasteiger partial charge in [-0.3, -0.25) is 4.79 Å². The minimum Gasteiger partial charge on any atom is -0.482 e. The monoisotopic (exact) mass is 389 g/mol. The molecule has 3 rings (SSSR count). The van der Waals surface area contributed by atoms with E-state index >= 15 is 0 Å². The average Bonchev–Trinajstić information content (AvgIpc) is 3.26. The second kappa shape index (κ2) is 8.95. The molecule has 0 saturated carbocycles. The van der Waals surface area contributed by atoms with Gasteiger partial charge in [-0.25, -0.2) is 9.59 Å². The number of hydrogen-bond acceptors (Lipinski definition) is 4. The zero-order valence-corrected chi connectivity index (χ0v) is 16.2. The summed E-state index contributed by atoms with van der Waals surface area (Å²) in [6, 6.07) is 6.88. The SMILES string of the molecule is CN(C(=O)C1CCN(C(=O)N2CCCC2)CC1)c1ccc(OCC(=O)O)cc1. The Bertz CT molecular complexity index is 707. The first-order chi connectivity index (χ1) is 13.5. The molecule has 3 amide bonds. The van der Waals surface area contributed by atoms with Crippen LogP contribution in [0.4, 0.5) is 10.5 Å². The molecule has 2 fully saturated rings. The molecule has 1 N–H and O–H groups in total. The first kappa shape index (κ1) is 20.0. The number of rotatable bonds is 5. The Labute approximate surface area is 164 Å².